The first-order chi connectivity index (χ1) is 9.14. The Labute approximate surface area is 123 Å². The lowest BCUT2D eigenvalue weighted by atomic mass is 10.1. The van der Waals surface area contributed by atoms with Crippen LogP contribution in [0.4, 0.5) is 0 Å². The number of rotatable bonds is 6. The van der Waals surface area contributed by atoms with Crippen molar-refractivity contribution < 1.29 is 13.2 Å². The number of sulfonamides is 1. The summed E-state index contributed by atoms with van der Waals surface area (Å²) in [4.78, 5) is 12.4. The lowest BCUT2D eigenvalue weighted by Gasteiger charge is -2.20. The van der Waals surface area contributed by atoms with Crippen molar-refractivity contribution in [1.82, 2.24) is 10.0 Å². The third-order valence-corrected chi connectivity index (χ3v) is 5.32. The molecule has 0 aliphatic carbocycles. The Morgan fingerprint density at radius 3 is 2.50 bits per heavy atom. The van der Waals surface area contributed by atoms with Crippen molar-refractivity contribution in [2.75, 3.05) is 6.54 Å². The fraction of sp³-hybridized carbons (Fsp3) is 0.583. The van der Waals surface area contributed by atoms with Gasteiger partial charge in [-0.2, -0.15) is 0 Å². The van der Waals surface area contributed by atoms with Crippen molar-refractivity contribution in [1.29, 1.82) is 0 Å². The van der Waals surface area contributed by atoms with Gasteiger partial charge in [0.25, 0.3) is 0 Å². The normalized spacial score (nSPS) is 12.4. The number of carbonyl (C=O) groups is 1. The molecule has 0 aliphatic heterocycles. The van der Waals surface area contributed by atoms with Gasteiger partial charge in [-0.25, -0.2) is 13.1 Å². The summed E-state index contributed by atoms with van der Waals surface area (Å²) in [6.07, 6.45) is 0.103. The maximum absolute atomic E-state index is 12.0. The Hall–Kier alpha value is -0.960. The molecule has 1 aromatic rings. The summed E-state index contributed by atoms with van der Waals surface area (Å²) in [6, 6.07) is 3.20. The number of carbonyl (C=O) groups excluding carboxylic acids is 1. The van der Waals surface area contributed by atoms with Crippen molar-refractivity contribution in [2.45, 2.75) is 43.5 Å². The van der Waals surface area contributed by atoms with E-state index in [0.29, 0.717) is 6.54 Å². The number of nitrogens with one attached hydrogen (secondary N) is 2. The summed E-state index contributed by atoms with van der Waals surface area (Å²) in [5.74, 6) is -0.186. The van der Waals surface area contributed by atoms with Crippen LogP contribution in [-0.2, 0) is 21.4 Å². The first-order valence-electron chi connectivity index (χ1n) is 6.23. The molecule has 8 heteroatoms. The molecule has 20 heavy (non-hydrogen) atoms. The molecular weight excluding hydrogens is 298 g/mol. The smallest absolute Gasteiger partial charge is 0.250 e. The largest absolute Gasteiger partial charge is 0.351 e. The van der Waals surface area contributed by atoms with Crippen LogP contribution in [0, 0.1) is 0 Å². The molecular formula is C12H21N3O3S2. The third-order valence-electron chi connectivity index (χ3n) is 2.26. The minimum Gasteiger partial charge on any atom is -0.351 e. The molecule has 0 saturated carbocycles. The molecule has 0 saturated heterocycles. The topological polar surface area (TPSA) is 101 Å². The third kappa shape index (κ3) is 5.58. The van der Waals surface area contributed by atoms with Crippen molar-refractivity contribution in [3.8, 4) is 0 Å². The van der Waals surface area contributed by atoms with Crippen LogP contribution in [0.25, 0.3) is 0 Å². The second kappa shape index (κ2) is 6.66. The summed E-state index contributed by atoms with van der Waals surface area (Å²) in [7, 11) is -3.56. The van der Waals surface area contributed by atoms with Gasteiger partial charge >= 0.3 is 0 Å². The van der Waals surface area contributed by atoms with Crippen LogP contribution in [0.3, 0.4) is 0 Å². The Balaban J connectivity index is 2.50. The summed E-state index contributed by atoms with van der Waals surface area (Å²) < 4.78 is 26.5. The van der Waals surface area contributed by atoms with E-state index in [1.54, 1.807) is 6.07 Å². The second-order valence-electron chi connectivity index (χ2n) is 5.37. The molecule has 1 amide bonds. The molecule has 0 spiro atoms. The van der Waals surface area contributed by atoms with E-state index in [9.17, 15) is 13.2 Å². The molecule has 0 aliphatic rings. The Kier molecular flexibility index (Phi) is 5.69. The Morgan fingerprint density at radius 1 is 1.35 bits per heavy atom. The van der Waals surface area contributed by atoms with Crippen LogP contribution in [0.15, 0.2) is 16.3 Å². The Bertz CT molecular complexity index is 559. The van der Waals surface area contributed by atoms with Gasteiger partial charge in [-0.05, 0) is 32.9 Å². The van der Waals surface area contributed by atoms with E-state index >= 15 is 0 Å². The summed E-state index contributed by atoms with van der Waals surface area (Å²) in [6.45, 7) is 5.99. The maximum Gasteiger partial charge on any atom is 0.250 e. The molecule has 1 rings (SSSR count). The average molecular weight is 319 g/mol. The summed E-state index contributed by atoms with van der Waals surface area (Å²) >= 11 is 1.13. The van der Waals surface area contributed by atoms with E-state index in [1.165, 1.54) is 6.07 Å². The zero-order valence-corrected chi connectivity index (χ0v) is 13.5. The quantitative estimate of drug-likeness (QED) is 0.721. The highest BCUT2D eigenvalue weighted by Crippen LogP contribution is 2.20. The number of amides is 1. The van der Waals surface area contributed by atoms with Crippen LogP contribution in [0.1, 0.15) is 32.1 Å². The number of thiophene rings is 1. The first kappa shape index (κ1) is 17.1. The van der Waals surface area contributed by atoms with Crippen LogP contribution < -0.4 is 15.8 Å². The highest BCUT2D eigenvalue weighted by molar-refractivity contribution is 7.91. The first-order valence-corrected chi connectivity index (χ1v) is 8.53. The molecule has 0 bridgehead atoms. The summed E-state index contributed by atoms with van der Waals surface area (Å²) in [5, 5.41) is 2.77. The molecule has 4 N–H and O–H groups in total. The lowest BCUT2D eigenvalue weighted by molar-refractivity contribution is -0.122. The van der Waals surface area contributed by atoms with Gasteiger partial charge in [0.15, 0.2) is 0 Å². The average Bonchev–Trinajstić information content (AvgIpc) is 2.75. The molecule has 0 unspecified atom stereocenters. The van der Waals surface area contributed by atoms with Gasteiger partial charge in [0.1, 0.15) is 4.21 Å². The molecule has 0 atom stereocenters. The highest BCUT2D eigenvalue weighted by atomic mass is 32.2. The van der Waals surface area contributed by atoms with Crippen molar-refractivity contribution in [3.05, 3.63) is 17.0 Å². The van der Waals surface area contributed by atoms with Gasteiger partial charge in [-0.15, -0.1) is 11.3 Å². The number of hydrogen-bond acceptors (Lipinski definition) is 5. The predicted molar refractivity (Wildman–Crippen MR) is 79.9 cm³/mol. The molecule has 0 fully saturated rings. The minimum atomic E-state index is -3.56. The van der Waals surface area contributed by atoms with Gasteiger partial charge in [-0.3, -0.25) is 4.79 Å². The van der Waals surface area contributed by atoms with E-state index < -0.39 is 10.0 Å². The van der Waals surface area contributed by atoms with Gasteiger partial charge in [0, 0.05) is 29.9 Å². The van der Waals surface area contributed by atoms with Crippen LogP contribution in [0.5, 0.6) is 0 Å². The van der Waals surface area contributed by atoms with Gasteiger partial charge < -0.3 is 11.1 Å². The monoisotopic (exact) mass is 319 g/mol. The van der Waals surface area contributed by atoms with E-state index in [0.717, 1.165) is 16.2 Å². The molecule has 114 valence electrons. The SMILES string of the molecule is CC(C)(C)NC(=O)CCNS(=O)(=O)c1ccc(CN)s1. The van der Waals surface area contributed by atoms with Crippen molar-refractivity contribution >= 4 is 27.3 Å². The minimum absolute atomic E-state index is 0.0695. The maximum atomic E-state index is 12.0. The highest BCUT2D eigenvalue weighted by Gasteiger charge is 2.18. The van der Waals surface area contributed by atoms with Crippen LogP contribution >= 0.6 is 11.3 Å². The molecule has 1 heterocycles. The molecule has 0 aromatic carbocycles. The van der Waals surface area contributed by atoms with Gasteiger partial charge in [0.2, 0.25) is 15.9 Å². The standard InChI is InChI=1S/C12H21N3O3S2/c1-12(2,3)15-10(16)6-7-14-20(17,18)11-5-4-9(8-13)19-11/h4-5,14H,6-8,13H2,1-3H3,(H,15,16). The van der Waals surface area contributed by atoms with E-state index in [4.69, 9.17) is 5.73 Å². The van der Waals surface area contributed by atoms with Crippen LogP contribution in [0.2, 0.25) is 0 Å². The van der Waals surface area contributed by atoms with E-state index in [-0.39, 0.29) is 28.6 Å². The van der Waals surface area contributed by atoms with Crippen molar-refractivity contribution in [3.63, 3.8) is 0 Å². The Morgan fingerprint density at radius 2 is 2.00 bits per heavy atom. The lowest BCUT2D eigenvalue weighted by Crippen LogP contribution is -2.41. The number of nitrogens with two attached hydrogens (primary N) is 1. The molecule has 0 radical (unpaired) electrons. The summed E-state index contributed by atoms with van der Waals surface area (Å²) in [5.41, 5.74) is 5.13. The molecule has 1 aromatic heterocycles. The van der Waals surface area contributed by atoms with Crippen molar-refractivity contribution in [2.24, 2.45) is 5.73 Å². The number of hydrogen-bond donors (Lipinski definition) is 3. The predicted octanol–water partition coefficient (Wildman–Crippen LogP) is 0.790. The van der Waals surface area contributed by atoms with Gasteiger partial charge in [0.05, 0.1) is 0 Å². The zero-order chi connectivity index (χ0) is 15.4. The zero-order valence-electron chi connectivity index (χ0n) is 11.9. The fourth-order valence-corrected chi connectivity index (χ4v) is 3.77. The fourth-order valence-electron chi connectivity index (χ4n) is 1.46. The van der Waals surface area contributed by atoms with E-state index in [2.05, 4.69) is 10.0 Å². The van der Waals surface area contributed by atoms with E-state index in [1.807, 2.05) is 20.8 Å². The second-order valence-corrected chi connectivity index (χ2v) is 8.53. The van der Waals surface area contributed by atoms with Gasteiger partial charge in [-0.1, -0.05) is 0 Å². The molecule has 6 nitrogen and oxygen atoms in total. The van der Waals surface area contributed by atoms with Crippen LogP contribution in [-0.4, -0.2) is 26.4 Å².